The second-order valence-electron chi connectivity index (χ2n) is 7.65. The maximum absolute atomic E-state index is 13.1. The van der Waals surface area contributed by atoms with E-state index in [-0.39, 0.29) is 36.3 Å². The van der Waals surface area contributed by atoms with Gasteiger partial charge in [0.2, 0.25) is 10.0 Å². The second kappa shape index (κ2) is 9.25. The molecule has 1 aliphatic rings. The van der Waals surface area contributed by atoms with Crippen molar-refractivity contribution in [3.05, 3.63) is 70.9 Å². The molecule has 0 bridgehead atoms. The van der Waals surface area contributed by atoms with Crippen LogP contribution in [0.3, 0.4) is 0 Å². The molecule has 0 saturated carbocycles. The monoisotopic (exact) mass is 470 g/mol. The van der Waals surface area contributed by atoms with Crippen LogP contribution in [-0.4, -0.2) is 54.7 Å². The maximum Gasteiger partial charge on any atom is 0.254 e. The molecule has 9 heteroatoms. The zero-order chi connectivity index (χ0) is 22.2. The first kappa shape index (κ1) is 23.7. The van der Waals surface area contributed by atoms with Gasteiger partial charge in [-0.2, -0.15) is 9.57 Å². The van der Waals surface area contributed by atoms with Gasteiger partial charge < -0.3 is 4.90 Å². The number of aromatic nitrogens is 1. The van der Waals surface area contributed by atoms with Crippen molar-refractivity contribution in [2.24, 2.45) is 0 Å². The van der Waals surface area contributed by atoms with Gasteiger partial charge in [0, 0.05) is 42.8 Å². The van der Waals surface area contributed by atoms with Gasteiger partial charge in [-0.05, 0) is 55.8 Å². The number of aryl methyl sites for hydroxylation is 2. The maximum atomic E-state index is 13.1. The van der Waals surface area contributed by atoms with Crippen molar-refractivity contribution in [1.29, 1.82) is 5.26 Å². The number of halogens is 1. The summed E-state index contributed by atoms with van der Waals surface area (Å²) in [6, 6.07) is 15.9. The van der Waals surface area contributed by atoms with Gasteiger partial charge in [0.1, 0.15) is 0 Å². The Labute approximate surface area is 193 Å². The normalized spacial score (nSPS) is 14.6. The van der Waals surface area contributed by atoms with Crippen LogP contribution in [0.2, 0.25) is 0 Å². The van der Waals surface area contributed by atoms with E-state index in [1.54, 1.807) is 30.0 Å². The molecule has 1 aromatic heterocycles. The van der Waals surface area contributed by atoms with Crippen molar-refractivity contribution in [2.45, 2.75) is 18.7 Å². The number of piperazine rings is 1. The molecule has 0 atom stereocenters. The van der Waals surface area contributed by atoms with Gasteiger partial charge in [-0.25, -0.2) is 8.42 Å². The largest absolute Gasteiger partial charge is 0.336 e. The fourth-order valence-corrected chi connectivity index (χ4v) is 5.44. The van der Waals surface area contributed by atoms with E-state index in [0.717, 1.165) is 16.6 Å². The van der Waals surface area contributed by atoms with Gasteiger partial charge in [-0.1, -0.05) is 12.1 Å². The van der Waals surface area contributed by atoms with Gasteiger partial charge in [-0.15, -0.1) is 12.4 Å². The van der Waals surface area contributed by atoms with Gasteiger partial charge in [0.25, 0.3) is 5.91 Å². The minimum Gasteiger partial charge on any atom is -0.336 e. The lowest BCUT2D eigenvalue weighted by Crippen LogP contribution is -2.50. The first-order valence-corrected chi connectivity index (χ1v) is 11.4. The van der Waals surface area contributed by atoms with E-state index < -0.39 is 10.0 Å². The highest BCUT2D eigenvalue weighted by Crippen LogP contribution is 2.23. The average Bonchev–Trinajstić information content (AvgIpc) is 2.77. The quantitative estimate of drug-likeness (QED) is 0.585. The van der Waals surface area contributed by atoms with E-state index in [2.05, 4.69) is 4.98 Å². The number of carbonyl (C=O) groups is 1. The summed E-state index contributed by atoms with van der Waals surface area (Å²) in [4.78, 5) is 19.3. The Morgan fingerprint density at radius 1 is 1.00 bits per heavy atom. The van der Waals surface area contributed by atoms with E-state index in [1.807, 2.05) is 31.2 Å². The van der Waals surface area contributed by atoms with Crippen LogP contribution < -0.4 is 0 Å². The number of carbonyl (C=O) groups excluding carboxylic acids is 1. The van der Waals surface area contributed by atoms with E-state index in [4.69, 9.17) is 5.26 Å². The summed E-state index contributed by atoms with van der Waals surface area (Å²) in [5, 5.41) is 9.97. The number of benzene rings is 2. The van der Waals surface area contributed by atoms with Crippen molar-refractivity contribution in [3.8, 4) is 6.07 Å². The first-order chi connectivity index (χ1) is 14.8. The Bertz CT molecular complexity index is 1330. The fourth-order valence-electron chi connectivity index (χ4n) is 3.81. The molecule has 0 unspecified atom stereocenters. The predicted molar refractivity (Wildman–Crippen MR) is 124 cm³/mol. The van der Waals surface area contributed by atoms with Crippen molar-refractivity contribution in [2.75, 3.05) is 26.2 Å². The molecule has 0 aliphatic carbocycles. The zero-order valence-electron chi connectivity index (χ0n) is 17.8. The molecule has 7 nitrogen and oxygen atoms in total. The first-order valence-electron chi connectivity index (χ1n) is 9.97. The number of nitrogens with zero attached hydrogens (tertiary/aromatic N) is 4. The summed E-state index contributed by atoms with van der Waals surface area (Å²) in [6.45, 7) is 4.66. The van der Waals surface area contributed by atoms with Crippen molar-refractivity contribution in [3.63, 3.8) is 0 Å². The summed E-state index contributed by atoms with van der Waals surface area (Å²) in [6.07, 6.45) is 0. The van der Waals surface area contributed by atoms with Crippen LogP contribution >= 0.6 is 12.4 Å². The molecule has 2 heterocycles. The Morgan fingerprint density at radius 3 is 2.34 bits per heavy atom. The van der Waals surface area contributed by atoms with E-state index >= 15 is 0 Å². The number of rotatable bonds is 3. The Hall–Kier alpha value is -2.99. The molecule has 2 aromatic carbocycles. The van der Waals surface area contributed by atoms with Crippen LogP contribution in [0.25, 0.3) is 10.9 Å². The molecule has 1 aliphatic heterocycles. The molecule has 1 fully saturated rings. The molecular weight excluding hydrogens is 448 g/mol. The van der Waals surface area contributed by atoms with Crippen LogP contribution in [0.15, 0.2) is 53.4 Å². The van der Waals surface area contributed by atoms with Crippen molar-refractivity contribution >= 4 is 39.2 Å². The zero-order valence-corrected chi connectivity index (χ0v) is 19.4. The lowest BCUT2D eigenvalue weighted by atomic mass is 10.1. The van der Waals surface area contributed by atoms with E-state index in [0.29, 0.717) is 29.8 Å². The van der Waals surface area contributed by atoms with Crippen molar-refractivity contribution in [1.82, 2.24) is 14.2 Å². The SMILES string of the molecule is Cc1ccc2ccc(C(=O)N3CCN(S(=O)(=O)c4ccc(C#N)cc4C)CC3)cc2n1.Cl. The molecule has 4 rings (SSSR count). The molecular formula is C23H23ClN4O3S. The number of hydrogen-bond acceptors (Lipinski definition) is 5. The lowest BCUT2D eigenvalue weighted by molar-refractivity contribution is 0.0698. The fraction of sp³-hybridized carbons (Fsp3) is 0.261. The number of fused-ring (bicyclic) bond motifs is 1. The number of nitriles is 1. The minimum atomic E-state index is -3.69. The summed E-state index contributed by atoms with van der Waals surface area (Å²) in [7, 11) is -3.69. The molecule has 0 spiro atoms. The Balaban J connectivity index is 0.00000289. The van der Waals surface area contributed by atoms with Crippen LogP contribution in [0.4, 0.5) is 0 Å². The molecule has 1 saturated heterocycles. The highest BCUT2D eigenvalue weighted by atomic mass is 35.5. The molecule has 32 heavy (non-hydrogen) atoms. The summed E-state index contributed by atoms with van der Waals surface area (Å²) in [5.74, 6) is -0.128. The number of sulfonamides is 1. The standard InChI is InChI=1S/C23H22N4O3S.ClH/c1-16-13-18(15-24)4-8-22(16)31(29,30)27-11-9-26(10-12-27)23(28)20-7-6-19-5-3-17(2)25-21(19)14-20;/h3-8,13-14H,9-12H2,1-2H3;1H. The minimum absolute atomic E-state index is 0. The highest BCUT2D eigenvalue weighted by Gasteiger charge is 2.31. The number of pyridine rings is 1. The van der Waals surface area contributed by atoms with Gasteiger partial charge in [-0.3, -0.25) is 9.78 Å². The Kier molecular flexibility index (Phi) is 6.84. The molecule has 1 amide bonds. The average molecular weight is 471 g/mol. The highest BCUT2D eigenvalue weighted by molar-refractivity contribution is 7.89. The number of amides is 1. The van der Waals surface area contributed by atoms with Crippen LogP contribution in [-0.2, 0) is 10.0 Å². The third-order valence-electron chi connectivity index (χ3n) is 5.53. The van der Waals surface area contributed by atoms with E-state index in [1.165, 1.54) is 16.4 Å². The third-order valence-corrected chi connectivity index (χ3v) is 7.58. The predicted octanol–water partition coefficient (Wildman–Crippen LogP) is 3.29. The van der Waals surface area contributed by atoms with Gasteiger partial charge in [0.15, 0.2) is 0 Å². The van der Waals surface area contributed by atoms with Crippen LogP contribution in [0.1, 0.15) is 27.2 Å². The smallest absolute Gasteiger partial charge is 0.254 e. The Morgan fingerprint density at radius 2 is 1.69 bits per heavy atom. The third kappa shape index (κ3) is 4.46. The molecule has 0 N–H and O–H groups in total. The van der Waals surface area contributed by atoms with Gasteiger partial charge >= 0.3 is 0 Å². The summed E-state index contributed by atoms with van der Waals surface area (Å²) >= 11 is 0. The summed E-state index contributed by atoms with van der Waals surface area (Å²) in [5.41, 5.74) is 3.16. The molecule has 3 aromatic rings. The van der Waals surface area contributed by atoms with Crippen LogP contribution in [0, 0.1) is 25.2 Å². The van der Waals surface area contributed by atoms with Gasteiger partial charge in [0.05, 0.1) is 22.0 Å². The molecule has 166 valence electrons. The molecule has 0 radical (unpaired) electrons. The lowest BCUT2D eigenvalue weighted by Gasteiger charge is -2.34. The van der Waals surface area contributed by atoms with Crippen LogP contribution in [0.5, 0.6) is 0 Å². The summed E-state index contributed by atoms with van der Waals surface area (Å²) < 4.78 is 27.5. The van der Waals surface area contributed by atoms with E-state index in [9.17, 15) is 13.2 Å². The number of hydrogen-bond donors (Lipinski definition) is 0. The topological polar surface area (TPSA) is 94.4 Å². The second-order valence-corrected chi connectivity index (χ2v) is 9.55. The van der Waals surface area contributed by atoms with Crippen molar-refractivity contribution < 1.29 is 13.2 Å².